The van der Waals surface area contributed by atoms with Gasteiger partial charge in [-0.2, -0.15) is 0 Å². The summed E-state index contributed by atoms with van der Waals surface area (Å²) in [5.41, 5.74) is 5.84. The Morgan fingerprint density at radius 1 is 0.962 bits per heavy atom. The molecular weight excluding hydrogens is 322 g/mol. The lowest BCUT2D eigenvalue weighted by molar-refractivity contribution is 0.302. The number of aliphatic imine (C=N–C) groups is 1. The average molecular weight is 345 g/mol. The maximum atomic E-state index is 11.4. The zero-order valence-electron chi connectivity index (χ0n) is 15.9. The average Bonchev–Trinajstić information content (AvgIpc) is 2.58. The number of rotatable bonds is 1. The van der Waals surface area contributed by atoms with Crippen LogP contribution in [0.3, 0.4) is 0 Å². The molecule has 0 unspecified atom stereocenters. The Morgan fingerprint density at radius 2 is 1.73 bits per heavy atom. The molecule has 0 N–H and O–H groups in total. The van der Waals surface area contributed by atoms with Gasteiger partial charge in [0.1, 0.15) is 5.58 Å². The lowest BCUT2D eigenvalue weighted by atomic mass is 9.64. The van der Waals surface area contributed by atoms with Crippen LogP contribution >= 0.6 is 0 Å². The third-order valence-corrected chi connectivity index (χ3v) is 5.97. The molecule has 2 heterocycles. The van der Waals surface area contributed by atoms with E-state index in [1.165, 1.54) is 22.8 Å². The van der Waals surface area contributed by atoms with E-state index in [9.17, 15) is 4.79 Å². The van der Waals surface area contributed by atoms with E-state index in [1.54, 1.807) is 6.07 Å². The van der Waals surface area contributed by atoms with Crippen molar-refractivity contribution in [2.75, 3.05) is 0 Å². The van der Waals surface area contributed by atoms with Crippen LogP contribution in [0.15, 0.2) is 62.7 Å². The molecule has 0 saturated carbocycles. The molecule has 3 heteroatoms. The van der Waals surface area contributed by atoms with Crippen LogP contribution in [0.2, 0.25) is 0 Å². The van der Waals surface area contributed by atoms with E-state index in [0.717, 1.165) is 16.7 Å². The van der Waals surface area contributed by atoms with Gasteiger partial charge in [0, 0.05) is 28.0 Å². The van der Waals surface area contributed by atoms with Crippen LogP contribution in [0.4, 0.5) is 0 Å². The summed E-state index contributed by atoms with van der Waals surface area (Å²) >= 11 is 0. The molecule has 0 atom stereocenters. The van der Waals surface area contributed by atoms with Gasteiger partial charge in [-0.3, -0.25) is 4.99 Å². The summed E-state index contributed by atoms with van der Waals surface area (Å²) in [6.45, 7) is 11.1. The van der Waals surface area contributed by atoms with Crippen molar-refractivity contribution in [3.8, 4) is 0 Å². The van der Waals surface area contributed by atoms with Gasteiger partial charge < -0.3 is 4.42 Å². The zero-order chi connectivity index (χ0) is 18.7. The maximum absolute atomic E-state index is 11.4. The fourth-order valence-electron chi connectivity index (χ4n) is 3.92. The van der Waals surface area contributed by atoms with Gasteiger partial charge in [0.05, 0.1) is 11.3 Å². The van der Waals surface area contributed by atoms with Gasteiger partial charge in [0.2, 0.25) is 0 Å². The molecule has 2 aromatic carbocycles. The highest BCUT2D eigenvalue weighted by Crippen LogP contribution is 2.45. The number of hydrogen-bond acceptors (Lipinski definition) is 3. The van der Waals surface area contributed by atoms with E-state index in [1.807, 2.05) is 12.1 Å². The first-order chi connectivity index (χ1) is 12.2. The molecule has 3 aromatic rings. The Balaban J connectivity index is 2.00. The molecule has 1 aliphatic rings. The van der Waals surface area contributed by atoms with Crippen molar-refractivity contribution < 1.29 is 4.42 Å². The first-order valence-corrected chi connectivity index (χ1v) is 8.95. The highest BCUT2D eigenvalue weighted by molar-refractivity contribution is 6.16. The third kappa shape index (κ3) is 2.34. The van der Waals surface area contributed by atoms with Crippen molar-refractivity contribution >= 4 is 16.7 Å². The normalized spacial score (nSPS) is 17.7. The van der Waals surface area contributed by atoms with Crippen LogP contribution in [0.5, 0.6) is 0 Å². The first kappa shape index (κ1) is 16.8. The van der Waals surface area contributed by atoms with Gasteiger partial charge in [-0.15, -0.1) is 0 Å². The Morgan fingerprint density at radius 3 is 2.50 bits per heavy atom. The van der Waals surface area contributed by atoms with E-state index in [-0.39, 0.29) is 16.6 Å². The molecule has 0 bridgehead atoms. The Labute approximate surface area is 153 Å². The minimum atomic E-state index is -0.330. The molecule has 26 heavy (non-hydrogen) atoms. The van der Waals surface area contributed by atoms with Crippen molar-refractivity contribution in [1.82, 2.24) is 0 Å². The quantitative estimate of drug-likeness (QED) is 0.582. The Hall–Kier alpha value is -2.68. The molecule has 0 fully saturated rings. The number of nitrogens with zero attached hydrogens (tertiary/aromatic N) is 1. The zero-order valence-corrected chi connectivity index (χ0v) is 15.9. The number of hydrogen-bond donors (Lipinski definition) is 0. The summed E-state index contributed by atoms with van der Waals surface area (Å²) in [6, 6.07) is 15.6. The van der Waals surface area contributed by atoms with Crippen molar-refractivity contribution in [1.29, 1.82) is 0 Å². The fraction of sp³-hybridized carbons (Fsp3) is 0.304. The highest BCUT2D eigenvalue weighted by atomic mass is 16.4. The summed E-state index contributed by atoms with van der Waals surface area (Å²) in [6.07, 6.45) is 0. The van der Waals surface area contributed by atoms with Crippen LogP contribution < -0.4 is 5.63 Å². The van der Waals surface area contributed by atoms with E-state index in [4.69, 9.17) is 9.41 Å². The van der Waals surface area contributed by atoms with Crippen molar-refractivity contribution in [3.05, 3.63) is 81.2 Å². The minimum absolute atomic E-state index is 0.0686. The van der Waals surface area contributed by atoms with Gasteiger partial charge in [0.25, 0.3) is 0 Å². The molecule has 0 radical (unpaired) electrons. The van der Waals surface area contributed by atoms with Gasteiger partial charge in [-0.1, -0.05) is 32.0 Å². The van der Waals surface area contributed by atoms with E-state index >= 15 is 0 Å². The smallest absolute Gasteiger partial charge is 0.336 e. The van der Waals surface area contributed by atoms with Gasteiger partial charge in [-0.05, 0) is 56.2 Å². The third-order valence-electron chi connectivity index (χ3n) is 5.97. The Bertz CT molecular complexity index is 1120. The van der Waals surface area contributed by atoms with E-state index in [0.29, 0.717) is 5.58 Å². The Kier molecular flexibility index (Phi) is 3.49. The molecule has 0 saturated heterocycles. The topological polar surface area (TPSA) is 42.6 Å². The van der Waals surface area contributed by atoms with E-state index < -0.39 is 0 Å². The maximum Gasteiger partial charge on any atom is 0.336 e. The van der Waals surface area contributed by atoms with Gasteiger partial charge in [0.15, 0.2) is 0 Å². The number of aryl methyl sites for hydroxylation is 1. The van der Waals surface area contributed by atoms with Crippen LogP contribution in [-0.2, 0) is 5.41 Å². The lowest BCUT2D eigenvalue weighted by Gasteiger charge is -2.45. The van der Waals surface area contributed by atoms with Crippen LogP contribution in [0, 0.1) is 6.92 Å². The lowest BCUT2D eigenvalue weighted by Crippen LogP contribution is -2.46. The molecule has 0 spiro atoms. The molecule has 1 aliphatic heterocycles. The summed E-state index contributed by atoms with van der Waals surface area (Å²) < 4.78 is 5.27. The SMILES string of the molecule is Cc1cccc2c1C(C)(C)C(C)(C)N=C2c1ccc2oc(=O)ccc2c1. The second kappa shape index (κ2) is 5.41. The molecule has 4 rings (SSSR count). The number of fused-ring (bicyclic) bond motifs is 2. The minimum Gasteiger partial charge on any atom is -0.423 e. The largest absolute Gasteiger partial charge is 0.423 e. The van der Waals surface area contributed by atoms with Gasteiger partial charge in [-0.25, -0.2) is 4.79 Å². The van der Waals surface area contributed by atoms with Crippen molar-refractivity contribution in [3.63, 3.8) is 0 Å². The standard InChI is InChI=1S/C23H23NO2/c1-14-7-6-8-17-20(14)22(2,3)23(4,5)24-21(17)16-9-11-18-15(13-16)10-12-19(25)26-18/h6-13H,1-5H3. The molecule has 1 aromatic heterocycles. The van der Waals surface area contributed by atoms with Crippen LogP contribution in [0.25, 0.3) is 11.0 Å². The summed E-state index contributed by atoms with van der Waals surface area (Å²) in [4.78, 5) is 16.6. The monoisotopic (exact) mass is 345 g/mol. The van der Waals surface area contributed by atoms with Crippen LogP contribution in [0.1, 0.15) is 49.9 Å². The molecular formula is C23H23NO2. The number of benzene rings is 2. The molecule has 132 valence electrons. The van der Waals surface area contributed by atoms with E-state index in [2.05, 4.69) is 58.9 Å². The second-order valence-corrected chi connectivity index (χ2v) is 8.15. The predicted molar refractivity (Wildman–Crippen MR) is 106 cm³/mol. The molecule has 0 amide bonds. The van der Waals surface area contributed by atoms with Crippen LogP contribution in [-0.4, -0.2) is 11.3 Å². The van der Waals surface area contributed by atoms with Crippen molar-refractivity contribution in [2.24, 2.45) is 4.99 Å². The molecule has 3 nitrogen and oxygen atoms in total. The van der Waals surface area contributed by atoms with Gasteiger partial charge >= 0.3 is 5.63 Å². The van der Waals surface area contributed by atoms with Crippen molar-refractivity contribution in [2.45, 2.75) is 45.6 Å². The summed E-state index contributed by atoms with van der Waals surface area (Å²) in [5.74, 6) is 0. The summed E-state index contributed by atoms with van der Waals surface area (Å²) in [7, 11) is 0. The second-order valence-electron chi connectivity index (χ2n) is 8.15. The molecule has 0 aliphatic carbocycles. The fourth-order valence-corrected chi connectivity index (χ4v) is 3.92. The predicted octanol–water partition coefficient (Wildman–Crippen LogP) is 5.01. The highest BCUT2D eigenvalue weighted by Gasteiger charge is 2.44. The summed E-state index contributed by atoms with van der Waals surface area (Å²) in [5, 5.41) is 0.904. The first-order valence-electron chi connectivity index (χ1n) is 8.95.